The molecule has 1 saturated heterocycles. The van der Waals surface area contributed by atoms with Crippen molar-refractivity contribution >= 4 is 10.9 Å². The van der Waals surface area contributed by atoms with Crippen molar-refractivity contribution in [1.29, 1.82) is 0 Å². The highest BCUT2D eigenvalue weighted by molar-refractivity contribution is 5.83. The molecule has 6 nitrogen and oxygen atoms in total. The lowest BCUT2D eigenvalue weighted by Gasteiger charge is -2.39. The van der Waals surface area contributed by atoms with Crippen LogP contribution in [0.15, 0.2) is 65.7 Å². The van der Waals surface area contributed by atoms with E-state index in [1.54, 1.807) is 0 Å². The zero-order chi connectivity index (χ0) is 19.8. The van der Waals surface area contributed by atoms with Crippen LogP contribution in [0.5, 0.6) is 0 Å². The minimum atomic E-state index is -0.0693. The Morgan fingerprint density at radius 3 is 2.83 bits per heavy atom. The standard InChI is InChI=1S/C23H25N5O/c1-27-12-6-5-9-20(27)22(16-7-3-2-4-8-16)28-21(15-24-23(28)29)17-10-11-19-18(13-17)14-25-26-19/h2-4,7-8,10-11,13-15,20,22H,5-6,9,12H2,1H3,(H,24,29)(H,25,26). The lowest BCUT2D eigenvalue weighted by molar-refractivity contribution is 0.146. The molecule has 1 fully saturated rings. The lowest BCUT2D eigenvalue weighted by atomic mass is 9.90. The maximum atomic E-state index is 13.1. The Balaban J connectivity index is 1.68. The molecule has 1 aliphatic rings. The Labute approximate surface area is 169 Å². The fourth-order valence-electron chi connectivity index (χ4n) is 4.67. The number of piperidine rings is 1. The predicted molar refractivity (Wildman–Crippen MR) is 115 cm³/mol. The number of likely N-dealkylation sites (N-methyl/N-ethyl adjacent to an activating group) is 1. The quantitative estimate of drug-likeness (QED) is 0.560. The van der Waals surface area contributed by atoms with Gasteiger partial charge in [-0.2, -0.15) is 5.10 Å². The topological polar surface area (TPSA) is 69.7 Å². The fourth-order valence-corrected chi connectivity index (χ4v) is 4.67. The Bertz CT molecular complexity index is 1170. The molecule has 148 valence electrons. The predicted octanol–water partition coefficient (Wildman–Crippen LogP) is 3.79. The van der Waals surface area contributed by atoms with E-state index < -0.39 is 0 Å². The van der Waals surface area contributed by atoms with Crippen LogP contribution < -0.4 is 5.69 Å². The van der Waals surface area contributed by atoms with E-state index in [4.69, 9.17) is 0 Å². The third kappa shape index (κ3) is 3.19. The number of nitrogens with one attached hydrogen (secondary N) is 2. The summed E-state index contributed by atoms with van der Waals surface area (Å²) >= 11 is 0. The molecule has 4 aromatic rings. The van der Waals surface area contributed by atoms with Gasteiger partial charge in [0.25, 0.3) is 0 Å². The number of imidazole rings is 1. The molecule has 2 atom stereocenters. The van der Waals surface area contributed by atoms with Crippen molar-refractivity contribution in [2.45, 2.75) is 31.3 Å². The van der Waals surface area contributed by atoms with Crippen LogP contribution in [0.2, 0.25) is 0 Å². The summed E-state index contributed by atoms with van der Waals surface area (Å²) in [6.45, 7) is 1.06. The normalized spacial score (nSPS) is 18.9. The van der Waals surface area contributed by atoms with Crippen molar-refractivity contribution in [1.82, 2.24) is 24.6 Å². The van der Waals surface area contributed by atoms with E-state index in [1.807, 2.05) is 35.2 Å². The van der Waals surface area contributed by atoms with Crippen LogP contribution in [-0.4, -0.2) is 44.3 Å². The molecule has 0 bridgehead atoms. The van der Waals surface area contributed by atoms with Gasteiger partial charge in [-0.05, 0) is 44.1 Å². The van der Waals surface area contributed by atoms with Crippen molar-refractivity contribution in [2.24, 2.45) is 0 Å². The number of hydrogen-bond donors (Lipinski definition) is 2. The molecule has 0 radical (unpaired) electrons. The van der Waals surface area contributed by atoms with Gasteiger partial charge < -0.3 is 9.88 Å². The summed E-state index contributed by atoms with van der Waals surface area (Å²) in [6.07, 6.45) is 7.13. The monoisotopic (exact) mass is 387 g/mol. The number of benzene rings is 2. The average molecular weight is 387 g/mol. The molecular formula is C23H25N5O. The van der Waals surface area contributed by atoms with Gasteiger partial charge in [0.2, 0.25) is 0 Å². The minimum Gasteiger partial charge on any atom is -0.312 e. The third-order valence-electron chi connectivity index (χ3n) is 6.16. The van der Waals surface area contributed by atoms with Crippen molar-refractivity contribution in [3.8, 4) is 11.3 Å². The number of likely N-dealkylation sites (tertiary alicyclic amines) is 1. The number of hydrogen-bond acceptors (Lipinski definition) is 3. The zero-order valence-corrected chi connectivity index (χ0v) is 16.5. The average Bonchev–Trinajstić information content (AvgIpc) is 3.37. The molecule has 2 aromatic heterocycles. The van der Waals surface area contributed by atoms with Gasteiger partial charge >= 0.3 is 5.69 Å². The van der Waals surface area contributed by atoms with Crippen LogP contribution in [0.25, 0.3) is 22.2 Å². The third-order valence-corrected chi connectivity index (χ3v) is 6.16. The smallest absolute Gasteiger partial charge is 0.312 e. The number of H-pyrrole nitrogens is 2. The zero-order valence-electron chi connectivity index (χ0n) is 16.5. The molecule has 6 heteroatoms. The van der Waals surface area contributed by atoms with E-state index >= 15 is 0 Å². The van der Waals surface area contributed by atoms with Gasteiger partial charge in [-0.15, -0.1) is 0 Å². The molecule has 3 heterocycles. The highest BCUT2D eigenvalue weighted by Gasteiger charge is 2.32. The van der Waals surface area contributed by atoms with Gasteiger partial charge in [0.15, 0.2) is 0 Å². The van der Waals surface area contributed by atoms with Gasteiger partial charge in [0.05, 0.1) is 23.4 Å². The molecule has 2 N–H and O–H groups in total. The number of nitrogens with zero attached hydrogens (tertiary/aromatic N) is 3. The molecule has 1 aliphatic heterocycles. The van der Waals surface area contributed by atoms with E-state index in [2.05, 4.69) is 57.5 Å². The molecule has 2 aromatic carbocycles. The number of aromatic amines is 2. The summed E-state index contributed by atoms with van der Waals surface area (Å²) in [4.78, 5) is 18.4. The maximum absolute atomic E-state index is 13.1. The van der Waals surface area contributed by atoms with Gasteiger partial charge in [-0.25, -0.2) is 4.79 Å². The summed E-state index contributed by atoms with van der Waals surface area (Å²) in [5.41, 5.74) is 4.01. The first-order valence-corrected chi connectivity index (χ1v) is 10.2. The van der Waals surface area contributed by atoms with E-state index in [0.29, 0.717) is 0 Å². The molecule has 0 amide bonds. The SMILES string of the molecule is CN1CCCCC1C(c1ccccc1)n1c(-c2ccc3[nH]ncc3c2)c[nH]c1=O. The molecule has 0 saturated carbocycles. The van der Waals surface area contributed by atoms with Crippen LogP contribution in [0.4, 0.5) is 0 Å². The van der Waals surface area contributed by atoms with Crippen LogP contribution in [-0.2, 0) is 0 Å². The van der Waals surface area contributed by atoms with Crippen molar-refractivity contribution < 1.29 is 0 Å². The van der Waals surface area contributed by atoms with Gasteiger partial charge in [-0.1, -0.05) is 42.8 Å². The van der Waals surface area contributed by atoms with Crippen molar-refractivity contribution in [2.75, 3.05) is 13.6 Å². The van der Waals surface area contributed by atoms with Crippen LogP contribution in [0.1, 0.15) is 30.9 Å². The fraction of sp³-hybridized carbons (Fsp3) is 0.304. The summed E-state index contributed by atoms with van der Waals surface area (Å²) in [5, 5.41) is 8.15. The summed E-state index contributed by atoms with van der Waals surface area (Å²) in [7, 11) is 2.18. The van der Waals surface area contributed by atoms with E-state index in [0.717, 1.165) is 35.1 Å². The van der Waals surface area contributed by atoms with Crippen molar-refractivity contribution in [3.63, 3.8) is 0 Å². The van der Waals surface area contributed by atoms with Crippen molar-refractivity contribution in [3.05, 3.63) is 77.0 Å². The Morgan fingerprint density at radius 1 is 1.14 bits per heavy atom. The number of aromatic nitrogens is 4. The van der Waals surface area contributed by atoms with E-state index in [1.165, 1.54) is 18.4 Å². The second-order valence-corrected chi connectivity index (χ2v) is 7.92. The summed E-state index contributed by atoms with van der Waals surface area (Å²) in [6, 6.07) is 16.8. The lowest BCUT2D eigenvalue weighted by Crippen LogP contribution is -2.45. The summed E-state index contributed by atoms with van der Waals surface area (Å²) in [5.74, 6) is 0. The number of rotatable bonds is 4. The van der Waals surface area contributed by atoms with E-state index in [-0.39, 0.29) is 17.8 Å². The molecule has 0 aliphatic carbocycles. The van der Waals surface area contributed by atoms with Gasteiger partial charge in [0.1, 0.15) is 0 Å². The largest absolute Gasteiger partial charge is 0.326 e. The first kappa shape index (κ1) is 17.9. The first-order valence-electron chi connectivity index (χ1n) is 10.2. The Kier molecular flexibility index (Phi) is 4.56. The summed E-state index contributed by atoms with van der Waals surface area (Å²) < 4.78 is 1.95. The highest BCUT2D eigenvalue weighted by Crippen LogP contribution is 2.34. The molecular weight excluding hydrogens is 362 g/mol. The maximum Gasteiger partial charge on any atom is 0.326 e. The highest BCUT2D eigenvalue weighted by atomic mass is 16.1. The molecule has 2 unspecified atom stereocenters. The van der Waals surface area contributed by atoms with Crippen LogP contribution >= 0.6 is 0 Å². The molecule has 29 heavy (non-hydrogen) atoms. The first-order chi connectivity index (χ1) is 14.2. The second kappa shape index (κ2) is 7.37. The van der Waals surface area contributed by atoms with Crippen LogP contribution in [0.3, 0.4) is 0 Å². The number of fused-ring (bicyclic) bond motifs is 1. The van der Waals surface area contributed by atoms with Gasteiger partial charge in [0, 0.05) is 23.2 Å². The second-order valence-electron chi connectivity index (χ2n) is 7.92. The molecule has 5 rings (SSSR count). The van der Waals surface area contributed by atoms with Gasteiger partial charge in [-0.3, -0.25) is 9.67 Å². The minimum absolute atomic E-state index is 0.0460. The Hall–Kier alpha value is -3.12. The molecule has 0 spiro atoms. The van der Waals surface area contributed by atoms with Crippen LogP contribution in [0, 0.1) is 0 Å². The Morgan fingerprint density at radius 2 is 2.00 bits per heavy atom. The van der Waals surface area contributed by atoms with E-state index in [9.17, 15) is 4.79 Å².